The second kappa shape index (κ2) is 9.63. The van der Waals surface area contributed by atoms with Gasteiger partial charge in [0.25, 0.3) is 5.91 Å². The van der Waals surface area contributed by atoms with Crippen molar-refractivity contribution in [1.82, 2.24) is 0 Å². The van der Waals surface area contributed by atoms with E-state index < -0.39 is 0 Å². The Kier molecular flexibility index (Phi) is 6.96. The van der Waals surface area contributed by atoms with E-state index >= 15 is 0 Å². The summed E-state index contributed by atoms with van der Waals surface area (Å²) in [6, 6.07) is 19.6. The number of anilines is 1. The lowest BCUT2D eigenvalue weighted by molar-refractivity contribution is -0.703. The van der Waals surface area contributed by atoms with Gasteiger partial charge < -0.3 is 10.6 Å². The number of carbonyl (C=O) groups is 2. The van der Waals surface area contributed by atoms with Gasteiger partial charge in [-0.2, -0.15) is 0 Å². The SMILES string of the molecule is CCc1ccc([C@H]([NH2+][C@H](C)C(=O)Nc2cccc(C(C)=O)c2)c2cccs2)cc1. The molecule has 0 fully saturated rings. The van der Waals surface area contributed by atoms with Crippen molar-refractivity contribution in [2.45, 2.75) is 39.3 Å². The Morgan fingerprint density at radius 1 is 1.07 bits per heavy atom. The monoisotopic (exact) mass is 407 g/mol. The van der Waals surface area contributed by atoms with Crippen LogP contribution in [0.15, 0.2) is 66.0 Å². The van der Waals surface area contributed by atoms with Crippen LogP contribution in [0.1, 0.15) is 53.2 Å². The van der Waals surface area contributed by atoms with Crippen molar-refractivity contribution in [2.24, 2.45) is 0 Å². The number of quaternary nitrogens is 1. The Labute approximate surface area is 176 Å². The lowest BCUT2D eigenvalue weighted by atomic mass is 10.0. The molecule has 0 aliphatic carbocycles. The third-order valence-electron chi connectivity index (χ3n) is 5.03. The molecule has 5 heteroatoms. The van der Waals surface area contributed by atoms with E-state index in [-0.39, 0.29) is 23.8 Å². The second-order valence-electron chi connectivity index (χ2n) is 7.20. The molecule has 2 atom stereocenters. The van der Waals surface area contributed by atoms with Gasteiger partial charge in [-0.1, -0.05) is 49.4 Å². The number of aryl methyl sites for hydroxylation is 1. The molecule has 2 aromatic carbocycles. The molecule has 0 saturated heterocycles. The highest BCUT2D eigenvalue weighted by atomic mass is 32.1. The van der Waals surface area contributed by atoms with Crippen LogP contribution in [0.4, 0.5) is 5.69 Å². The fourth-order valence-corrected chi connectivity index (χ4v) is 4.08. The highest BCUT2D eigenvalue weighted by Crippen LogP contribution is 2.23. The summed E-state index contributed by atoms with van der Waals surface area (Å²) >= 11 is 1.70. The lowest BCUT2D eigenvalue weighted by Crippen LogP contribution is -2.92. The van der Waals surface area contributed by atoms with Gasteiger partial charge >= 0.3 is 0 Å². The number of amides is 1. The molecule has 0 spiro atoms. The van der Waals surface area contributed by atoms with E-state index in [4.69, 9.17) is 0 Å². The summed E-state index contributed by atoms with van der Waals surface area (Å²) in [5.41, 5.74) is 3.72. The number of hydrogen-bond donors (Lipinski definition) is 2. The van der Waals surface area contributed by atoms with Crippen LogP contribution >= 0.6 is 11.3 Å². The Bertz CT molecular complexity index is 965. The Morgan fingerprint density at radius 2 is 1.83 bits per heavy atom. The zero-order valence-electron chi connectivity index (χ0n) is 17.0. The van der Waals surface area contributed by atoms with E-state index in [2.05, 4.69) is 53.3 Å². The lowest BCUT2D eigenvalue weighted by Gasteiger charge is -2.20. The molecule has 150 valence electrons. The van der Waals surface area contributed by atoms with Gasteiger partial charge in [0.2, 0.25) is 0 Å². The predicted molar refractivity (Wildman–Crippen MR) is 118 cm³/mol. The van der Waals surface area contributed by atoms with Gasteiger partial charge in [0, 0.05) is 16.8 Å². The summed E-state index contributed by atoms with van der Waals surface area (Å²) in [4.78, 5) is 25.6. The van der Waals surface area contributed by atoms with E-state index in [9.17, 15) is 9.59 Å². The second-order valence-corrected chi connectivity index (χ2v) is 8.17. The number of nitrogens with one attached hydrogen (secondary N) is 1. The number of rotatable bonds is 8. The largest absolute Gasteiger partial charge is 0.326 e. The molecule has 0 radical (unpaired) electrons. The molecule has 0 saturated carbocycles. The molecular weight excluding hydrogens is 380 g/mol. The molecule has 4 nitrogen and oxygen atoms in total. The van der Waals surface area contributed by atoms with E-state index in [1.54, 1.807) is 35.6 Å². The van der Waals surface area contributed by atoms with Crippen molar-refractivity contribution in [3.05, 3.63) is 87.6 Å². The summed E-state index contributed by atoms with van der Waals surface area (Å²) in [7, 11) is 0. The van der Waals surface area contributed by atoms with Gasteiger partial charge in [-0.3, -0.25) is 9.59 Å². The first-order valence-electron chi connectivity index (χ1n) is 9.87. The molecule has 0 aliphatic heterocycles. The van der Waals surface area contributed by atoms with E-state index in [0.717, 1.165) is 6.42 Å². The van der Waals surface area contributed by atoms with Crippen LogP contribution in [0.3, 0.4) is 0 Å². The Balaban J connectivity index is 1.75. The van der Waals surface area contributed by atoms with Crippen LogP contribution in [0, 0.1) is 0 Å². The first-order chi connectivity index (χ1) is 14.0. The number of ketones is 1. The van der Waals surface area contributed by atoms with Crippen molar-refractivity contribution in [1.29, 1.82) is 0 Å². The molecule has 1 amide bonds. The third-order valence-corrected chi connectivity index (χ3v) is 5.98. The standard InChI is InChI=1S/C24H26N2O2S/c1-4-18-10-12-19(13-11-18)23(22-9-6-14-29-22)25-16(2)24(28)26-21-8-5-7-20(15-21)17(3)27/h5-16,23,25H,4H2,1-3H3,(H,26,28)/p+1/t16-,23+/m1/s1. The zero-order chi connectivity index (χ0) is 20.8. The number of hydrogen-bond acceptors (Lipinski definition) is 3. The number of benzene rings is 2. The van der Waals surface area contributed by atoms with E-state index in [1.165, 1.54) is 22.9 Å². The number of thiophene rings is 1. The van der Waals surface area contributed by atoms with E-state index in [1.807, 2.05) is 13.0 Å². The molecule has 0 unspecified atom stereocenters. The Hall–Kier alpha value is -2.76. The molecule has 0 bridgehead atoms. The summed E-state index contributed by atoms with van der Waals surface area (Å²) in [6.07, 6.45) is 1.01. The van der Waals surface area contributed by atoms with Crippen LogP contribution in [0.25, 0.3) is 0 Å². The minimum Gasteiger partial charge on any atom is -0.326 e. The number of carbonyl (C=O) groups excluding carboxylic acids is 2. The molecule has 3 N–H and O–H groups in total. The van der Waals surface area contributed by atoms with E-state index in [0.29, 0.717) is 11.3 Å². The summed E-state index contributed by atoms with van der Waals surface area (Å²) in [5, 5.41) is 7.10. The molecular formula is C24H27N2O2S+. The van der Waals surface area contributed by atoms with Gasteiger partial charge in [-0.25, -0.2) is 0 Å². The van der Waals surface area contributed by atoms with Gasteiger partial charge in [0.15, 0.2) is 11.8 Å². The first-order valence-corrected chi connectivity index (χ1v) is 10.7. The number of nitrogens with two attached hydrogens (primary N) is 1. The maximum Gasteiger partial charge on any atom is 0.282 e. The van der Waals surface area contributed by atoms with Gasteiger partial charge in [0.05, 0.1) is 4.88 Å². The van der Waals surface area contributed by atoms with Gasteiger partial charge in [-0.15, -0.1) is 11.3 Å². The highest BCUT2D eigenvalue weighted by Gasteiger charge is 2.25. The average Bonchev–Trinajstić information content (AvgIpc) is 3.26. The van der Waals surface area contributed by atoms with Crippen molar-refractivity contribution < 1.29 is 14.9 Å². The summed E-state index contributed by atoms with van der Waals surface area (Å²) in [6.45, 7) is 5.57. The van der Waals surface area contributed by atoms with Gasteiger partial charge in [0.1, 0.15) is 6.04 Å². The topological polar surface area (TPSA) is 62.8 Å². The van der Waals surface area contributed by atoms with Crippen LogP contribution in [-0.4, -0.2) is 17.7 Å². The predicted octanol–water partition coefficient (Wildman–Crippen LogP) is 4.19. The molecule has 0 aliphatic rings. The molecule has 1 heterocycles. The highest BCUT2D eigenvalue weighted by molar-refractivity contribution is 7.10. The minimum absolute atomic E-state index is 0.0194. The molecule has 3 aromatic rings. The molecule has 29 heavy (non-hydrogen) atoms. The van der Waals surface area contributed by atoms with Crippen LogP contribution < -0.4 is 10.6 Å². The van der Waals surface area contributed by atoms with Crippen LogP contribution in [0.5, 0.6) is 0 Å². The molecule has 1 aromatic heterocycles. The number of Topliss-reactive ketones (excluding diaryl/α,β-unsaturated/α-hetero) is 1. The third kappa shape index (κ3) is 5.40. The summed E-state index contributed by atoms with van der Waals surface area (Å²) in [5.74, 6) is -0.105. The first kappa shape index (κ1) is 21.0. The average molecular weight is 408 g/mol. The van der Waals surface area contributed by atoms with Crippen LogP contribution in [-0.2, 0) is 11.2 Å². The normalized spacial score (nSPS) is 12.9. The van der Waals surface area contributed by atoms with Crippen molar-refractivity contribution in [3.8, 4) is 0 Å². The maximum absolute atomic E-state index is 12.8. The van der Waals surface area contributed by atoms with Crippen molar-refractivity contribution in [2.75, 3.05) is 5.32 Å². The summed E-state index contributed by atoms with van der Waals surface area (Å²) < 4.78 is 0. The quantitative estimate of drug-likeness (QED) is 0.550. The molecule has 3 rings (SSSR count). The smallest absolute Gasteiger partial charge is 0.282 e. The maximum atomic E-state index is 12.8. The van der Waals surface area contributed by atoms with Crippen molar-refractivity contribution >= 4 is 28.7 Å². The fourth-order valence-electron chi connectivity index (χ4n) is 3.25. The van der Waals surface area contributed by atoms with Gasteiger partial charge in [-0.05, 0) is 49.4 Å². The Morgan fingerprint density at radius 3 is 2.45 bits per heavy atom. The van der Waals surface area contributed by atoms with Crippen molar-refractivity contribution in [3.63, 3.8) is 0 Å². The fraction of sp³-hybridized carbons (Fsp3) is 0.250. The van der Waals surface area contributed by atoms with Crippen LogP contribution in [0.2, 0.25) is 0 Å². The minimum atomic E-state index is -0.297. The zero-order valence-corrected chi connectivity index (χ0v) is 17.8.